The van der Waals surface area contributed by atoms with Crippen molar-refractivity contribution in [3.63, 3.8) is 0 Å². The van der Waals surface area contributed by atoms with Crippen LogP contribution in [0.2, 0.25) is 0 Å². The molecule has 4 nitrogen and oxygen atoms in total. The quantitative estimate of drug-likeness (QED) is 0.846. The molecular weight excluding hydrogens is 271 g/mol. The Morgan fingerprint density at radius 2 is 2.10 bits per heavy atom. The van der Waals surface area contributed by atoms with Gasteiger partial charge in [0.25, 0.3) is 0 Å². The van der Waals surface area contributed by atoms with Crippen molar-refractivity contribution in [3.8, 4) is 0 Å². The number of carbonyl (C=O) groups excluding carboxylic acids is 1. The van der Waals surface area contributed by atoms with Crippen LogP contribution in [-0.4, -0.2) is 31.7 Å². The summed E-state index contributed by atoms with van der Waals surface area (Å²) < 4.78 is 19.0. The van der Waals surface area contributed by atoms with Gasteiger partial charge in [-0.1, -0.05) is 6.07 Å². The standard InChI is InChI=1S/C16H23FN2O2/c1-2-21-16(20)15(18)10-12-6-7-13(11-14(12)17)19-8-4-3-5-9-19/h6-7,11,15H,2-5,8-10,18H2,1H3. The van der Waals surface area contributed by atoms with E-state index < -0.39 is 12.0 Å². The van der Waals surface area contributed by atoms with Crippen molar-refractivity contribution in [3.05, 3.63) is 29.6 Å². The van der Waals surface area contributed by atoms with E-state index in [1.54, 1.807) is 19.1 Å². The number of benzene rings is 1. The van der Waals surface area contributed by atoms with Crippen molar-refractivity contribution in [1.29, 1.82) is 0 Å². The Bertz CT molecular complexity index is 487. The van der Waals surface area contributed by atoms with Gasteiger partial charge in [-0.2, -0.15) is 0 Å². The minimum atomic E-state index is -0.819. The molecule has 1 saturated heterocycles. The zero-order valence-corrected chi connectivity index (χ0v) is 12.5. The summed E-state index contributed by atoms with van der Waals surface area (Å²) in [5.41, 5.74) is 7.09. The molecule has 0 saturated carbocycles. The SMILES string of the molecule is CCOC(=O)C(N)Cc1ccc(N2CCCCC2)cc1F. The number of ether oxygens (including phenoxy) is 1. The van der Waals surface area contributed by atoms with E-state index in [0.29, 0.717) is 5.56 Å². The van der Waals surface area contributed by atoms with Crippen LogP contribution in [0.5, 0.6) is 0 Å². The fourth-order valence-corrected chi connectivity index (χ4v) is 2.62. The summed E-state index contributed by atoms with van der Waals surface area (Å²) in [6.07, 6.45) is 3.70. The minimum absolute atomic E-state index is 0.158. The number of hydrogen-bond acceptors (Lipinski definition) is 4. The lowest BCUT2D eigenvalue weighted by atomic mass is 10.0. The minimum Gasteiger partial charge on any atom is -0.465 e. The molecule has 1 fully saturated rings. The van der Waals surface area contributed by atoms with Crippen molar-refractivity contribution in [2.45, 2.75) is 38.6 Å². The highest BCUT2D eigenvalue weighted by Gasteiger charge is 2.18. The summed E-state index contributed by atoms with van der Waals surface area (Å²) in [6.45, 7) is 3.95. The Morgan fingerprint density at radius 1 is 1.38 bits per heavy atom. The second-order valence-electron chi connectivity index (χ2n) is 5.39. The molecule has 2 N–H and O–H groups in total. The van der Waals surface area contributed by atoms with Gasteiger partial charge in [0.05, 0.1) is 6.61 Å². The maximum atomic E-state index is 14.2. The average molecular weight is 294 g/mol. The van der Waals surface area contributed by atoms with E-state index in [2.05, 4.69) is 4.90 Å². The number of halogens is 1. The van der Waals surface area contributed by atoms with Crippen molar-refractivity contribution in [2.75, 3.05) is 24.6 Å². The number of hydrogen-bond donors (Lipinski definition) is 1. The lowest BCUT2D eigenvalue weighted by molar-refractivity contribution is -0.144. The largest absolute Gasteiger partial charge is 0.465 e. The second-order valence-corrected chi connectivity index (χ2v) is 5.39. The van der Waals surface area contributed by atoms with Gasteiger partial charge in [0, 0.05) is 25.2 Å². The molecule has 0 amide bonds. The van der Waals surface area contributed by atoms with Gasteiger partial charge < -0.3 is 15.4 Å². The molecule has 0 radical (unpaired) electrons. The average Bonchev–Trinajstić information content (AvgIpc) is 2.50. The topological polar surface area (TPSA) is 55.6 Å². The zero-order valence-electron chi connectivity index (χ0n) is 12.5. The predicted octanol–water partition coefficient (Wildman–Crippen LogP) is 2.25. The summed E-state index contributed by atoms with van der Waals surface area (Å²) >= 11 is 0. The molecule has 1 atom stereocenters. The molecule has 116 valence electrons. The van der Waals surface area contributed by atoms with Crippen molar-refractivity contribution < 1.29 is 13.9 Å². The molecule has 21 heavy (non-hydrogen) atoms. The summed E-state index contributed by atoms with van der Waals surface area (Å²) in [7, 11) is 0. The summed E-state index contributed by atoms with van der Waals surface area (Å²) in [6, 6.07) is 4.35. The monoisotopic (exact) mass is 294 g/mol. The first-order valence-electron chi connectivity index (χ1n) is 7.57. The van der Waals surface area contributed by atoms with Crippen molar-refractivity contribution >= 4 is 11.7 Å². The molecule has 5 heteroatoms. The van der Waals surface area contributed by atoms with Crippen LogP contribution in [-0.2, 0) is 16.0 Å². The molecule has 0 spiro atoms. The summed E-state index contributed by atoms with van der Waals surface area (Å²) in [5, 5.41) is 0. The summed E-state index contributed by atoms with van der Waals surface area (Å²) in [5.74, 6) is -0.796. The molecule has 0 aliphatic carbocycles. The van der Waals surface area contributed by atoms with Crippen molar-refractivity contribution in [2.24, 2.45) is 5.73 Å². The summed E-state index contributed by atoms with van der Waals surface area (Å²) in [4.78, 5) is 13.7. The Kier molecular flexibility index (Phi) is 5.56. The Balaban J connectivity index is 2.03. The van der Waals surface area contributed by atoms with Crippen LogP contribution in [0, 0.1) is 5.82 Å². The molecule has 0 bridgehead atoms. The predicted molar refractivity (Wildman–Crippen MR) is 80.8 cm³/mol. The molecule has 1 aromatic carbocycles. The third kappa shape index (κ3) is 4.17. The number of rotatable bonds is 5. The van der Waals surface area contributed by atoms with Crippen LogP contribution >= 0.6 is 0 Å². The van der Waals surface area contributed by atoms with Gasteiger partial charge in [0.15, 0.2) is 0 Å². The van der Waals surface area contributed by atoms with Crippen LogP contribution in [0.15, 0.2) is 18.2 Å². The van der Waals surface area contributed by atoms with Gasteiger partial charge in [0.1, 0.15) is 11.9 Å². The third-order valence-corrected chi connectivity index (χ3v) is 3.79. The van der Waals surface area contributed by atoms with Gasteiger partial charge in [0.2, 0.25) is 0 Å². The van der Waals surface area contributed by atoms with E-state index in [0.717, 1.165) is 31.6 Å². The number of esters is 1. The maximum absolute atomic E-state index is 14.2. The van der Waals surface area contributed by atoms with E-state index in [1.807, 2.05) is 6.07 Å². The highest BCUT2D eigenvalue weighted by atomic mass is 19.1. The van der Waals surface area contributed by atoms with E-state index in [1.165, 1.54) is 6.42 Å². The van der Waals surface area contributed by atoms with Gasteiger partial charge in [-0.05, 0) is 43.9 Å². The van der Waals surface area contributed by atoms with Gasteiger partial charge in [-0.15, -0.1) is 0 Å². The number of carbonyl (C=O) groups is 1. The van der Waals surface area contributed by atoms with Gasteiger partial charge in [-0.25, -0.2) is 4.39 Å². The Hall–Kier alpha value is -1.62. The zero-order chi connectivity index (χ0) is 15.2. The lowest BCUT2D eigenvalue weighted by Gasteiger charge is -2.29. The molecule has 2 rings (SSSR count). The first kappa shape index (κ1) is 15.8. The van der Waals surface area contributed by atoms with Crippen LogP contribution < -0.4 is 10.6 Å². The molecule has 1 aromatic rings. The van der Waals surface area contributed by atoms with E-state index in [9.17, 15) is 9.18 Å². The van der Waals surface area contributed by atoms with Gasteiger partial charge >= 0.3 is 5.97 Å². The second kappa shape index (κ2) is 7.41. The van der Waals surface area contributed by atoms with Gasteiger partial charge in [-0.3, -0.25) is 4.79 Å². The maximum Gasteiger partial charge on any atom is 0.323 e. The molecule has 1 aliphatic rings. The number of anilines is 1. The highest BCUT2D eigenvalue weighted by Crippen LogP contribution is 2.23. The van der Waals surface area contributed by atoms with E-state index in [4.69, 9.17) is 10.5 Å². The Morgan fingerprint density at radius 3 is 2.71 bits per heavy atom. The highest BCUT2D eigenvalue weighted by molar-refractivity contribution is 5.75. The van der Waals surface area contributed by atoms with Crippen molar-refractivity contribution in [1.82, 2.24) is 0 Å². The smallest absolute Gasteiger partial charge is 0.323 e. The molecule has 1 unspecified atom stereocenters. The molecule has 0 aromatic heterocycles. The first-order chi connectivity index (χ1) is 10.1. The van der Waals surface area contributed by atoms with Crippen LogP contribution in [0.1, 0.15) is 31.7 Å². The van der Waals surface area contributed by atoms with E-state index in [-0.39, 0.29) is 18.8 Å². The van der Waals surface area contributed by atoms with E-state index >= 15 is 0 Å². The number of nitrogens with two attached hydrogens (primary N) is 1. The molecular formula is C16H23FN2O2. The van der Waals surface area contributed by atoms with Crippen LogP contribution in [0.4, 0.5) is 10.1 Å². The third-order valence-electron chi connectivity index (χ3n) is 3.79. The number of nitrogens with zero attached hydrogens (tertiary/aromatic N) is 1. The lowest BCUT2D eigenvalue weighted by Crippen LogP contribution is -2.34. The normalized spacial score (nSPS) is 16.6. The van der Waals surface area contributed by atoms with Crippen LogP contribution in [0.25, 0.3) is 0 Å². The number of piperidine rings is 1. The molecule has 1 heterocycles. The fraction of sp³-hybridized carbons (Fsp3) is 0.562. The van der Waals surface area contributed by atoms with Crippen LogP contribution in [0.3, 0.4) is 0 Å². The Labute approximate surface area is 125 Å². The fourth-order valence-electron chi connectivity index (χ4n) is 2.62. The first-order valence-corrected chi connectivity index (χ1v) is 7.57. The molecule has 1 aliphatic heterocycles.